The molecule has 1 N–H and O–H groups in total. The van der Waals surface area contributed by atoms with E-state index in [1.54, 1.807) is 31.5 Å². The van der Waals surface area contributed by atoms with Crippen LogP contribution >= 0.6 is 0 Å². The van der Waals surface area contributed by atoms with Gasteiger partial charge in [0.15, 0.2) is 0 Å². The van der Waals surface area contributed by atoms with Crippen LogP contribution in [-0.2, 0) is 0 Å². The van der Waals surface area contributed by atoms with Crippen molar-refractivity contribution in [1.82, 2.24) is 9.97 Å². The van der Waals surface area contributed by atoms with Gasteiger partial charge in [0.05, 0.1) is 18.5 Å². The molecule has 0 spiro atoms. The topological polar surface area (TPSA) is 67.6 Å². The molecular weight excluding hydrogens is 362 g/mol. The number of phenolic OH excluding ortho intramolecular Hbond substituents is 1. The normalized spacial score (nSPS) is 10.9. The molecule has 0 fully saturated rings. The number of methoxy groups -OCH3 is 1. The quantitative estimate of drug-likeness (QED) is 0.478. The molecule has 0 amide bonds. The Morgan fingerprint density at radius 1 is 0.828 bits per heavy atom. The van der Waals surface area contributed by atoms with Crippen LogP contribution in [0.25, 0.3) is 22.5 Å². The molecule has 29 heavy (non-hydrogen) atoms. The lowest BCUT2D eigenvalue weighted by molar-refractivity contribution is 0.408. The van der Waals surface area contributed by atoms with Crippen LogP contribution in [0.4, 0.5) is 5.95 Å². The Balaban J connectivity index is 1.81. The highest BCUT2D eigenvalue weighted by atomic mass is 16.5. The van der Waals surface area contributed by atoms with E-state index in [0.717, 1.165) is 16.8 Å². The summed E-state index contributed by atoms with van der Waals surface area (Å²) in [5, 5.41) is 10.5. The lowest BCUT2D eigenvalue weighted by atomic mass is 10.1. The number of benzene rings is 3. The first-order valence-corrected chi connectivity index (χ1v) is 9.14. The van der Waals surface area contributed by atoms with Gasteiger partial charge in [-0.2, -0.15) is 0 Å². The summed E-state index contributed by atoms with van der Waals surface area (Å²) in [5.41, 5.74) is 3.79. The molecule has 0 unspecified atom stereocenters. The van der Waals surface area contributed by atoms with Crippen molar-refractivity contribution in [1.29, 1.82) is 0 Å². The van der Waals surface area contributed by atoms with Crippen molar-refractivity contribution in [3.8, 4) is 34.0 Å². The van der Waals surface area contributed by atoms with Crippen LogP contribution in [0.5, 0.6) is 11.5 Å². The average Bonchev–Trinajstić information content (AvgIpc) is 2.78. The summed E-state index contributed by atoms with van der Waals surface area (Å²) < 4.78 is 5.17. The Morgan fingerprint density at radius 3 is 2.21 bits per heavy atom. The van der Waals surface area contributed by atoms with E-state index in [-0.39, 0.29) is 5.75 Å². The largest absolute Gasteiger partial charge is 0.507 e. The van der Waals surface area contributed by atoms with E-state index < -0.39 is 0 Å². The van der Waals surface area contributed by atoms with Crippen molar-refractivity contribution in [3.63, 3.8) is 0 Å². The Hall–Kier alpha value is -3.99. The van der Waals surface area contributed by atoms with Crippen LogP contribution < -0.4 is 4.74 Å². The first-order valence-electron chi connectivity index (χ1n) is 9.14. The number of aliphatic imine (C=N–C) groups is 1. The molecule has 0 atom stereocenters. The third-order valence-corrected chi connectivity index (χ3v) is 4.39. The van der Waals surface area contributed by atoms with Gasteiger partial charge in [-0.25, -0.2) is 15.0 Å². The lowest BCUT2D eigenvalue weighted by Gasteiger charge is -2.09. The first kappa shape index (κ1) is 18.4. The van der Waals surface area contributed by atoms with Gasteiger partial charge in [-0.1, -0.05) is 60.7 Å². The molecular formula is C24H19N3O2. The Kier molecular flexibility index (Phi) is 5.29. The van der Waals surface area contributed by atoms with E-state index in [1.165, 1.54) is 0 Å². The van der Waals surface area contributed by atoms with Gasteiger partial charge in [0.2, 0.25) is 5.95 Å². The zero-order valence-electron chi connectivity index (χ0n) is 15.9. The van der Waals surface area contributed by atoms with Gasteiger partial charge in [-0.05, 0) is 23.8 Å². The van der Waals surface area contributed by atoms with Crippen molar-refractivity contribution in [2.45, 2.75) is 0 Å². The first-order chi connectivity index (χ1) is 14.2. The minimum absolute atomic E-state index is 0.0834. The third kappa shape index (κ3) is 4.30. The fourth-order valence-electron chi connectivity index (χ4n) is 2.91. The molecule has 3 aromatic carbocycles. The summed E-state index contributed by atoms with van der Waals surface area (Å²) in [6.07, 6.45) is 1.72. The minimum atomic E-state index is 0.0834. The number of phenols is 1. The van der Waals surface area contributed by atoms with Crippen molar-refractivity contribution in [2.75, 3.05) is 7.11 Å². The number of hydrogen-bond donors (Lipinski definition) is 1. The lowest BCUT2D eigenvalue weighted by Crippen LogP contribution is -1.93. The molecule has 0 saturated heterocycles. The fraction of sp³-hybridized carbons (Fsp3) is 0.0417. The molecule has 0 aliphatic rings. The molecule has 5 nitrogen and oxygen atoms in total. The Morgan fingerprint density at radius 2 is 1.52 bits per heavy atom. The van der Waals surface area contributed by atoms with E-state index in [4.69, 9.17) is 4.74 Å². The fourth-order valence-corrected chi connectivity index (χ4v) is 2.91. The molecule has 0 saturated carbocycles. The predicted molar refractivity (Wildman–Crippen MR) is 115 cm³/mol. The second-order valence-corrected chi connectivity index (χ2v) is 6.36. The molecule has 0 aliphatic heterocycles. The number of ether oxygens (including phenoxy) is 1. The summed E-state index contributed by atoms with van der Waals surface area (Å²) in [6.45, 7) is 0. The van der Waals surface area contributed by atoms with E-state index >= 15 is 0 Å². The zero-order valence-corrected chi connectivity index (χ0v) is 15.9. The highest BCUT2D eigenvalue weighted by molar-refractivity contribution is 5.81. The number of hydrogen-bond acceptors (Lipinski definition) is 5. The molecule has 1 aromatic heterocycles. The van der Waals surface area contributed by atoms with Gasteiger partial charge in [-0.3, -0.25) is 0 Å². The van der Waals surface area contributed by atoms with Crippen LogP contribution in [0.1, 0.15) is 5.56 Å². The monoisotopic (exact) mass is 381 g/mol. The van der Waals surface area contributed by atoms with Gasteiger partial charge < -0.3 is 9.84 Å². The number of rotatable bonds is 5. The SMILES string of the molecule is COc1ccc(-c2cc(-c3ccccc3)nc(N=Cc3ccccc3)n2)c(O)c1. The maximum atomic E-state index is 10.5. The average molecular weight is 381 g/mol. The van der Waals surface area contributed by atoms with Crippen LogP contribution in [0.3, 0.4) is 0 Å². The van der Waals surface area contributed by atoms with Crippen LogP contribution in [-0.4, -0.2) is 28.4 Å². The molecule has 4 aromatic rings. The van der Waals surface area contributed by atoms with E-state index in [0.29, 0.717) is 23.0 Å². The van der Waals surface area contributed by atoms with E-state index in [1.807, 2.05) is 66.7 Å². The van der Waals surface area contributed by atoms with Crippen LogP contribution in [0, 0.1) is 0 Å². The van der Waals surface area contributed by atoms with Gasteiger partial charge in [0.1, 0.15) is 11.5 Å². The summed E-state index contributed by atoms with van der Waals surface area (Å²) in [6, 6.07) is 26.5. The smallest absolute Gasteiger partial charge is 0.250 e. The summed E-state index contributed by atoms with van der Waals surface area (Å²) in [4.78, 5) is 13.6. The van der Waals surface area contributed by atoms with Crippen LogP contribution in [0.15, 0.2) is 89.9 Å². The van der Waals surface area contributed by atoms with Gasteiger partial charge in [-0.15, -0.1) is 0 Å². The Labute approximate surface area is 169 Å². The van der Waals surface area contributed by atoms with Gasteiger partial charge >= 0.3 is 0 Å². The number of aromatic hydroxyl groups is 1. The summed E-state index contributed by atoms with van der Waals surface area (Å²) in [7, 11) is 1.56. The predicted octanol–water partition coefficient (Wildman–Crippen LogP) is 5.28. The maximum absolute atomic E-state index is 10.5. The highest BCUT2D eigenvalue weighted by Gasteiger charge is 2.12. The summed E-state index contributed by atoms with van der Waals surface area (Å²) in [5.74, 6) is 0.978. The summed E-state index contributed by atoms with van der Waals surface area (Å²) >= 11 is 0. The Bertz CT molecular complexity index is 1140. The third-order valence-electron chi connectivity index (χ3n) is 4.39. The van der Waals surface area contributed by atoms with Crippen molar-refractivity contribution in [3.05, 3.63) is 90.5 Å². The van der Waals surface area contributed by atoms with Gasteiger partial charge in [0.25, 0.3) is 0 Å². The van der Waals surface area contributed by atoms with E-state index in [2.05, 4.69) is 15.0 Å². The molecule has 0 aliphatic carbocycles. The standard InChI is InChI=1S/C24H19N3O2/c1-29-19-12-13-20(23(28)14-19)22-15-21(18-10-6-3-7-11-18)26-24(27-22)25-16-17-8-4-2-5-9-17/h2-16,28H,1H3. The minimum Gasteiger partial charge on any atom is -0.507 e. The van der Waals surface area contributed by atoms with Crippen molar-refractivity contribution in [2.24, 2.45) is 4.99 Å². The van der Waals surface area contributed by atoms with Crippen molar-refractivity contribution >= 4 is 12.2 Å². The maximum Gasteiger partial charge on any atom is 0.250 e. The molecule has 142 valence electrons. The molecule has 4 rings (SSSR count). The molecule has 0 radical (unpaired) electrons. The molecule has 5 heteroatoms. The van der Waals surface area contributed by atoms with Gasteiger partial charge in [0, 0.05) is 23.4 Å². The van der Waals surface area contributed by atoms with Crippen LogP contribution in [0.2, 0.25) is 0 Å². The highest BCUT2D eigenvalue weighted by Crippen LogP contribution is 2.33. The molecule has 0 bridgehead atoms. The zero-order chi connectivity index (χ0) is 20.1. The second-order valence-electron chi connectivity index (χ2n) is 6.36. The van der Waals surface area contributed by atoms with Crippen molar-refractivity contribution < 1.29 is 9.84 Å². The second kappa shape index (κ2) is 8.35. The molecule has 1 heterocycles. The number of aromatic nitrogens is 2. The number of nitrogens with zero attached hydrogens (tertiary/aromatic N) is 3. The van der Waals surface area contributed by atoms with E-state index in [9.17, 15) is 5.11 Å².